The van der Waals surface area contributed by atoms with Crippen molar-refractivity contribution in [2.24, 2.45) is 5.73 Å². The van der Waals surface area contributed by atoms with Gasteiger partial charge in [-0.25, -0.2) is 0 Å². The summed E-state index contributed by atoms with van der Waals surface area (Å²) in [7, 11) is 2.15. The fraction of sp³-hybridized carbons (Fsp3) is 0.583. The number of piperidine rings is 1. The summed E-state index contributed by atoms with van der Waals surface area (Å²) >= 11 is 0. The van der Waals surface area contributed by atoms with Gasteiger partial charge in [-0.15, -0.1) is 0 Å². The van der Waals surface area contributed by atoms with Gasteiger partial charge in [0.05, 0.1) is 6.04 Å². The van der Waals surface area contributed by atoms with Crippen LogP contribution in [0.1, 0.15) is 30.0 Å². The number of likely N-dealkylation sites (N-methyl/N-ethyl adjacent to an activating group) is 1. The Labute approximate surface area is 91.3 Å². The minimum atomic E-state index is 0.242. The number of hydrogen-bond acceptors (Lipinski definition) is 3. The van der Waals surface area contributed by atoms with Crippen molar-refractivity contribution in [2.75, 3.05) is 13.6 Å². The number of hydrogen-bond donors (Lipinski definition) is 1. The first-order valence-corrected chi connectivity index (χ1v) is 5.56. The Hall–Kier alpha value is -0.930. The minimum Gasteiger partial charge on any atom is -0.326 e. The van der Waals surface area contributed by atoms with E-state index in [0.29, 0.717) is 6.04 Å². The number of likely N-dealkylation sites (tertiary alicyclic amines) is 1. The third kappa shape index (κ3) is 2.03. The molecule has 1 aromatic rings. The lowest BCUT2D eigenvalue weighted by molar-refractivity contribution is 0.162. The van der Waals surface area contributed by atoms with Crippen LogP contribution in [0.3, 0.4) is 0 Å². The zero-order valence-corrected chi connectivity index (χ0v) is 9.48. The number of nitrogens with two attached hydrogens (primary N) is 1. The van der Waals surface area contributed by atoms with E-state index in [2.05, 4.69) is 29.9 Å². The van der Waals surface area contributed by atoms with Gasteiger partial charge in [0.2, 0.25) is 0 Å². The van der Waals surface area contributed by atoms with E-state index in [1.807, 2.05) is 12.4 Å². The van der Waals surface area contributed by atoms with Gasteiger partial charge in [-0.2, -0.15) is 0 Å². The highest BCUT2D eigenvalue weighted by molar-refractivity contribution is 5.26. The molecule has 0 bridgehead atoms. The van der Waals surface area contributed by atoms with Crippen LogP contribution in [0.5, 0.6) is 0 Å². The molecule has 1 saturated heterocycles. The molecule has 3 nitrogen and oxygen atoms in total. The van der Waals surface area contributed by atoms with E-state index in [9.17, 15) is 0 Å². The topological polar surface area (TPSA) is 42.1 Å². The summed E-state index contributed by atoms with van der Waals surface area (Å²) < 4.78 is 0. The second-order valence-corrected chi connectivity index (χ2v) is 4.46. The Kier molecular flexibility index (Phi) is 3.03. The van der Waals surface area contributed by atoms with Gasteiger partial charge >= 0.3 is 0 Å². The Morgan fingerprint density at radius 3 is 3.00 bits per heavy atom. The third-order valence-electron chi connectivity index (χ3n) is 3.33. The highest BCUT2D eigenvalue weighted by atomic mass is 15.2. The molecule has 1 aromatic heterocycles. The third-order valence-corrected chi connectivity index (χ3v) is 3.33. The van der Waals surface area contributed by atoms with Gasteiger partial charge in [0, 0.05) is 18.4 Å². The van der Waals surface area contributed by atoms with Crippen LogP contribution in [0.2, 0.25) is 0 Å². The molecule has 2 unspecified atom stereocenters. The molecule has 15 heavy (non-hydrogen) atoms. The molecule has 2 heterocycles. The number of aryl methyl sites for hydroxylation is 1. The summed E-state index contributed by atoms with van der Waals surface area (Å²) in [6, 6.07) is 2.64. The molecule has 0 spiro atoms. The molecule has 1 aliphatic heterocycles. The van der Waals surface area contributed by atoms with Crippen molar-refractivity contribution in [1.82, 2.24) is 9.88 Å². The summed E-state index contributed by atoms with van der Waals surface area (Å²) in [5, 5.41) is 0. The normalized spacial score (nSPS) is 27.9. The quantitative estimate of drug-likeness (QED) is 0.755. The average molecular weight is 205 g/mol. The van der Waals surface area contributed by atoms with Gasteiger partial charge in [0.25, 0.3) is 0 Å². The molecular weight excluding hydrogens is 186 g/mol. The van der Waals surface area contributed by atoms with Gasteiger partial charge in [0.15, 0.2) is 0 Å². The summed E-state index contributed by atoms with van der Waals surface area (Å²) in [6.45, 7) is 3.26. The smallest absolute Gasteiger partial charge is 0.0514 e. The Morgan fingerprint density at radius 2 is 2.33 bits per heavy atom. The maximum absolute atomic E-state index is 6.20. The van der Waals surface area contributed by atoms with Crippen LogP contribution in [0.25, 0.3) is 0 Å². The van der Waals surface area contributed by atoms with E-state index >= 15 is 0 Å². The van der Waals surface area contributed by atoms with Crippen molar-refractivity contribution >= 4 is 0 Å². The highest BCUT2D eigenvalue weighted by Crippen LogP contribution is 2.29. The standard InChI is InChI=1S/C12H19N3/c1-9-5-6-14-8-10(9)12-11(13)4-3-7-15(12)2/h5-6,8,11-12H,3-4,7,13H2,1-2H3. The second kappa shape index (κ2) is 4.29. The van der Waals surface area contributed by atoms with Crippen molar-refractivity contribution in [3.63, 3.8) is 0 Å². The summed E-state index contributed by atoms with van der Waals surface area (Å²) in [5.74, 6) is 0. The Bertz CT molecular complexity index is 327. The first kappa shape index (κ1) is 10.6. The number of nitrogens with zero attached hydrogens (tertiary/aromatic N) is 2. The number of pyridine rings is 1. The summed E-state index contributed by atoms with van der Waals surface area (Å²) in [4.78, 5) is 6.55. The van der Waals surface area contributed by atoms with Gasteiger partial charge in [-0.1, -0.05) is 0 Å². The lowest BCUT2D eigenvalue weighted by atomic mass is 9.90. The molecular formula is C12H19N3. The summed E-state index contributed by atoms with van der Waals surface area (Å²) in [6.07, 6.45) is 6.12. The van der Waals surface area contributed by atoms with Gasteiger partial charge in [-0.05, 0) is 50.6 Å². The van der Waals surface area contributed by atoms with Crippen LogP contribution in [0, 0.1) is 6.92 Å². The van der Waals surface area contributed by atoms with Crippen LogP contribution >= 0.6 is 0 Å². The molecule has 2 atom stereocenters. The van der Waals surface area contributed by atoms with E-state index in [1.54, 1.807) is 0 Å². The molecule has 0 radical (unpaired) electrons. The Morgan fingerprint density at radius 1 is 1.53 bits per heavy atom. The highest BCUT2D eigenvalue weighted by Gasteiger charge is 2.28. The van der Waals surface area contributed by atoms with Crippen molar-refractivity contribution in [3.8, 4) is 0 Å². The van der Waals surface area contributed by atoms with Crippen LogP contribution in [-0.4, -0.2) is 29.5 Å². The lowest BCUT2D eigenvalue weighted by Gasteiger charge is -2.38. The maximum Gasteiger partial charge on any atom is 0.0514 e. The van der Waals surface area contributed by atoms with Crippen LogP contribution in [-0.2, 0) is 0 Å². The van der Waals surface area contributed by atoms with Crippen molar-refractivity contribution < 1.29 is 0 Å². The molecule has 0 amide bonds. The summed E-state index contributed by atoms with van der Waals surface area (Å²) in [5.41, 5.74) is 8.78. The first-order chi connectivity index (χ1) is 7.20. The van der Waals surface area contributed by atoms with Crippen LogP contribution < -0.4 is 5.73 Å². The van der Waals surface area contributed by atoms with E-state index in [1.165, 1.54) is 17.5 Å². The number of rotatable bonds is 1. The van der Waals surface area contributed by atoms with E-state index in [4.69, 9.17) is 5.73 Å². The molecule has 3 heteroatoms. The monoisotopic (exact) mass is 205 g/mol. The fourth-order valence-corrected chi connectivity index (χ4v) is 2.45. The van der Waals surface area contributed by atoms with Crippen LogP contribution in [0.4, 0.5) is 0 Å². The van der Waals surface area contributed by atoms with Gasteiger partial charge < -0.3 is 5.73 Å². The molecule has 82 valence electrons. The number of aromatic nitrogens is 1. The maximum atomic E-state index is 6.20. The largest absolute Gasteiger partial charge is 0.326 e. The minimum absolute atomic E-state index is 0.242. The zero-order chi connectivity index (χ0) is 10.8. The van der Waals surface area contributed by atoms with Crippen molar-refractivity contribution in [3.05, 3.63) is 29.6 Å². The second-order valence-electron chi connectivity index (χ2n) is 4.46. The predicted molar refractivity (Wildman–Crippen MR) is 61.6 cm³/mol. The first-order valence-electron chi connectivity index (χ1n) is 5.56. The average Bonchev–Trinajstić information content (AvgIpc) is 2.20. The van der Waals surface area contributed by atoms with Gasteiger partial charge in [-0.3, -0.25) is 9.88 Å². The van der Waals surface area contributed by atoms with Crippen molar-refractivity contribution in [1.29, 1.82) is 0 Å². The zero-order valence-electron chi connectivity index (χ0n) is 9.48. The molecule has 1 aliphatic rings. The van der Waals surface area contributed by atoms with E-state index in [-0.39, 0.29) is 6.04 Å². The van der Waals surface area contributed by atoms with Crippen molar-refractivity contribution in [2.45, 2.75) is 31.8 Å². The fourth-order valence-electron chi connectivity index (χ4n) is 2.45. The predicted octanol–water partition coefficient (Wildman–Crippen LogP) is 1.48. The van der Waals surface area contributed by atoms with E-state index in [0.717, 1.165) is 13.0 Å². The molecule has 0 aromatic carbocycles. The molecule has 2 rings (SSSR count). The lowest BCUT2D eigenvalue weighted by Crippen LogP contribution is -2.44. The van der Waals surface area contributed by atoms with E-state index < -0.39 is 0 Å². The molecule has 0 saturated carbocycles. The van der Waals surface area contributed by atoms with Crippen LogP contribution in [0.15, 0.2) is 18.5 Å². The molecule has 2 N–H and O–H groups in total. The molecule has 1 fully saturated rings. The Balaban J connectivity index is 2.31. The SMILES string of the molecule is Cc1ccncc1C1C(N)CCCN1C. The molecule has 0 aliphatic carbocycles. The van der Waals surface area contributed by atoms with Gasteiger partial charge in [0.1, 0.15) is 0 Å².